The van der Waals surface area contributed by atoms with E-state index >= 15 is 0 Å². The van der Waals surface area contributed by atoms with Crippen molar-refractivity contribution in [3.63, 3.8) is 0 Å². The normalized spacial score (nSPS) is 21.4. The fourth-order valence-corrected chi connectivity index (χ4v) is 4.17. The molecule has 3 rings (SSSR count). The Morgan fingerprint density at radius 1 is 1.04 bits per heavy atom. The first-order valence-electron chi connectivity index (χ1n) is 10.0. The van der Waals surface area contributed by atoms with Crippen molar-refractivity contribution in [2.45, 2.75) is 64.1 Å². The summed E-state index contributed by atoms with van der Waals surface area (Å²) in [6.07, 6.45) is 17.2. The van der Waals surface area contributed by atoms with Crippen LogP contribution in [0.1, 0.15) is 62.9 Å². The van der Waals surface area contributed by atoms with Gasteiger partial charge in [0.1, 0.15) is 6.10 Å². The van der Waals surface area contributed by atoms with Crippen molar-refractivity contribution in [2.24, 2.45) is 0 Å². The Morgan fingerprint density at radius 2 is 1.71 bits per heavy atom. The number of hydrogen-bond acceptors (Lipinski definition) is 3. The van der Waals surface area contributed by atoms with Crippen LogP contribution >= 0.6 is 0 Å². The van der Waals surface area contributed by atoms with Gasteiger partial charge in [0.2, 0.25) is 0 Å². The first-order valence-corrected chi connectivity index (χ1v) is 10.0. The molecule has 1 saturated heterocycles. The zero-order valence-electron chi connectivity index (χ0n) is 17.4. The predicted molar refractivity (Wildman–Crippen MR) is 116 cm³/mol. The average molecular weight is 378 g/mol. The number of rotatable bonds is 4. The summed E-state index contributed by atoms with van der Waals surface area (Å²) < 4.78 is 5.84. The highest BCUT2D eigenvalue weighted by molar-refractivity contribution is 5.89. The molecule has 1 fully saturated rings. The highest BCUT2D eigenvalue weighted by Crippen LogP contribution is 2.30. The van der Waals surface area contributed by atoms with Gasteiger partial charge in [0, 0.05) is 23.9 Å². The number of hydrogen-bond donors (Lipinski definition) is 1. The molecule has 0 amide bonds. The summed E-state index contributed by atoms with van der Waals surface area (Å²) in [7, 11) is 0. The van der Waals surface area contributed by atoms with Crippen molar-refractivity contribution in [3.8, 4) is 0 Å². The number of piperidine rings is 1. The molecule has 0 saturated carbocycles. The van der Waals surface area contributed by atoms with E-state index in [4.69, 9.17) is 4.74 Å². The van der Waals surface area contributed by atoms with E-state index in [1.54, 1.807) is 0 Å². The van der Waals surface area contributed by atoms with Crippen LogP contribution < -0.4 is 5.32 Å². The zero-order chi connectivity index (χ0) is 20.2. The molecule has 0 spiro atoms. The van der Waals surface area contributed by atoms with Gasteiger partial charge in [-0.1, -0.05) is 54.7 Å². The second-order valence-corrected chi connectivity index (χ2v) is 9.01. The van der Waals surface area contributed by atoms with Gasteiger partial charge in [-0.05, 0) is 57.4 Å². The lowest BCUT2D eigenvalue weighted by Gasteiger charge is -2.45. The minimum absolute atomic E-state index is 0.0437. The minimum atomic E-state index is -0.241. The summed E-state index contributed by atoms with van der Waals surface area (Å²) >= 11 is 0. The minimum Gasteiger partial charge on any atom is -0.459 e. The highest BCUT2D eigenvalue weighted by atomic mass is 16.5. The predicted octanol–water partition coefficient (Wildman–Crippen LogP) is 5.61. The second-order valence-electron chi connectivity index (χ2n) is 9.01. The molecule has 28 heavy (non-hydrogen) atoms. The van der Waals surface area contributed by atoms with E-state index in [-0.39, 0.29) is 23.2 Å². The van der Waals surface area contributed by atoms with E-state index in [0.29, 0.717) is 5.56 Å². The van der Waals surface area contributed by atoms with Gasteiger partial charge in [-0.2, -0.15) is 0 Å². The summed E-state index contributed by atoms with van der Waals surface area (Å²) in [5.74, 6) is -0.241. The Morgan fingerprint density at radius 3 is 2.39 bits per heavy atom. The summed E-state index contributed by atoms with van der Waals surface area (Å²) in [5.41, 5.74) is 2.76. The second kappa shape index (κ2) is 8.32. The lowest BCUT2D eigenvalue weighted by atomic mass is 9.81. The number of carbonyl (C=O) groups is 1. The van der Waals surface area contributed by atoms with Crippen molar-refractivity contribution < 1.29 is 9.53 Å². The van der Waals surface area contributed by atoms with Gasteiger partial charge in [0.05, 0.1) is 5.56 Å². The molecular weight excluding hydrogens is 346 g/mol. The van der Waals surface area contributed by atoms with Crippen molar-refractivity contribution >= 4 is 12.0 Å². The van der Waals surface area contributed by atoms with Gasteiger partial charge in [-0.25, -0.2) is 4.79 Å². The molecule has 0 radical (unpaired) electrons. The van der Waals surface area contributed by atoms with Crippen LogP contribution in [-0.2, 0) is 4.74 Å². The maximum Gasteiger partial charge on any atom is 0.338 e. The first-order chi connectivity index (χ1) is 13.2. The summed E-state index contributed by atoms with van der Waals surface area (Å²) in [6, 6.07) is 7.61. The van der Waals surface area contributed by atoms with Crippen molar-refractivity contribution in [1.82, 2.24) is 5.32 Å². The third-order valence-electron chi connectivity index (χ3n) is 5.07. The molecular formula is C25H31NO2. The van der Waals surface area contributed by atoms with Gasteiger partial charge in [0.25, 0.3) is 0 Å². The average Bonchev–Trinajstić information content (AvgIpc) is 2.86. The van der Waals surface area contributed by atoms with Crippen LogP contribution in [-0.4, -0.2) is 23.2 Å². The maximum atomic E-state index is 12.6. The van der Waals surface area contributed by atoms with E-state index < -0.39 is 0 Å². The maximum absolute atomic E-state index is 12.6. The van der Waals surface area contributed by atoms with Crippen LogP contribution in [0.25, 0.3) is 6.08 Å². The Balaban J connectivity index is 1.61. The van der Waals surface area contributed by atoms with Gasteiger partial charge < -0.3 is 10.1 Å². The number of nitrogens with one attached hydrogen (secondary N) is 1. The van der Waals surface area contributed by atoms with Gasteiger partial charge in [-0.3, -0.25) is 0 Å². The quantitative estimate of drug-likeness (QED) is 0.693. The van der Waals surface area contributed by atoms with Crippen molar-refractivity contribution in [2.75, 3.05) is 0 Å². The number of ether oxygens (including phenoxy) is 1. The number of benzene rings is 1. The molecule has 148 valence electrons. The molecule has 1 aliphatic heterocycles. The van der Waals surface area contributed by atoms with Crippen LogP contribution in [0.15, 0.2) is 66.3 Å². The molecule has 0 unspecified atom stereocenters. The van der Waals surface area contributed by atoms with Gasteiger partial charge >= 0.3 is 5.97 Å². The lowest BCUT2D eigenvalue weighted by Crippen LogP contribution is -2.59. The third kappa shape index (κ3) is 5.80. The van der Waals surface area contributed by atoms with E-state index in [0.717, 1.165) is 24.8 Å². The van der Waals surface area contributed by atoms with Gasteiger partial charge in [0.15, 0.2) is 0 Å². The fourth-order valence-electron chi connectivity index (χ4n) is 4.17. The summed E-state index contributed by atoms with van der Waals surface area (Å²) in [6.45, 7) is 8.63. The van der Waals surface area contributed by atoms with Crippen LogP contribution in [0.5, 0.6) is 0 Å². The fraction of sp³-hybridized carbons (Fsp3) is 0.400. The standard InChI is InChI=1S/C25H31NO2/c1-24(2)17-22(18-25(3,4)26-24)28-23(27)21-15-13-20(14-16-21)12-11-19-9-7-5-6-8-10-19/h5-7,9-16,22,26H,8,17-18H2,1-4H3/b12-11+. The SMILES string of the molecule is CC1(C)CC(OC(=O)c2ccc(/C=C/C3=CCC=CC=C3)cc2)CC(C)(C)N1. The molecule has 3 nitrogen and oxygen atoms in total. The molecule has 1 aromatic carbocycles. The Bertz CT molecular complexity index is 807. The Labute approximate surface area is 168 Å². The van der Waals surface area contributed by atoms with Crippen LogP contribution in [0.4, 0.5) is 0 Å². The third-order valence-corrected chi connectivity index (χ3v) is 5.07. The van der Waals surface area contributed by atoms with Crippen molar-refractivity contribution in [3.05, 3.63) is 77.4 Å². The van der Waals surface area contributed by atoms with Crippen molar-refractivity contribution in [1.29, 1.82) is 0 Å². The van der Waals surface area contributed by atoms with E-state index in [1.165, 1.54) is 5.57 Å². The smallest absolute Gasteiger partial charge is 0.338 e. The van der Waals surface area contributed by atoms with Crippen LogP contribution in [0.3, 0.4) is 0 Å². The van der Waals surface area contributed by atoms with Crippen LogP contribution in [0.2, 0.25) is 0 Å². The summed E-state index contributed by atoms with van der Waals surface area (Å²) in [4.78, 5) is 12.6. The van der Waals surface area contributed by atoms with E-state index in [1.807, 2.05) is 30.3 Å². The Kier molecular flexibility index (Phi) is 6.04. The molecule has 0 aromatic heterocycles. The molecule has 1 aliphatic carbocycles. The molecule has 2 aliphatic rings. The summed E-state index contributed by atoms with van der Waals surface area (Å²) in [5, 5.41) is 3.62. The van der Waals surface area contributed by atoms with Gasteiger partial charge in [-0.15, -0.1) is 0 Å². The van der Waals surface area contributed by atoms with E-state index in [9.17, 15) is 4.79 Å². The van der Waals surface area contributed by atoms with E-state index in [2.05, 4.69) is 69.5 Å². The molecule has 1 N–H and O–H groups in total. The molecule has 3 heteroatoms. The molecule has 1 heterocycles. The number of allylic oxidation sites excluding steroid dienone is 7. The number of carbonyl (C=O) groups excluding carboxylic acids is 1. The highest BCUT2D eigenvalue weighted by Gasteiger charge is 2.39. The monoisotopic (exact) mass is 377 g/mol. The Hall–Kier alpha value is -2.39. The zero-order valence-corrected chi connectivity index (χ0v) is 17.4. The number of esters is 1. The molecule has 0 bridgehead atoms. The van der Waals surface area contributed by atoms with Crippen LogP contribution in [0, 0.1) is 0 Å². The largest absolute Gasteiger partial charge is 0.459 e. The molecule has 1 aromatic rings. The molecule has 0 atom stereocenters. The first kappa shape index (κ1) is 20.3. The lowest BCUT2D eigenvalue weighted by molar-refractivity contribution is -0.00637. The topological polar surface area (TPSA) is 38.3 Å².